The summed E-state index contributed by atoms with van der Waals surface area (Å²) in [4.78, 5) is 23.2. The van der Waals surface area contributed by atoms with Crippen molar-refractivity contribution in [1.29, 1.82) is 0 Å². The fourth-order valence-corrected chi connectivity index (χ4v) is 2.26. The monoisotopic (exact) mass is 276 g/mol. The molecule has 1 aromatic carbocycles. The number of hydrogen-bond donors (Lipinski definition) is 3. The Morgan fingerprint density at radius 3 is 2.50 bits per heavy atom. The van der Waals surface area contributed by atoms with Crippen LogP contribution in [-0.4, -0.2) is 23.0 Å². The number of carbonyl (C=O) groups is 2. The van der Waals surface area contributed by atoms with E-state index in [-0.39, 0.29) is 24.3 Å². The molecule has 0 radical (unpaired) electrons. The summed E-state index contributed by atoms with van der Waals surface area (Å²) in [5.74, 6) is -0.968. The quantitative estimate of drug-likeness (QED) is 0.728. The Morgan fingerprint density at radius 1 is 1.40 bits per heavy atom. The maximum atomic E-state index is 12.4. The Morgan fingerprint density at radius 2 is 2.00 bits per heavy atom. The van der Waals surface area contributed by atoms with Gasteiger partial charge in [-0.25, -0.2) is 0 Å². The molecule has 5 nitrogen and oxygen atoms in total. The van der Waals surface area contributed by atoms with E-state index in [0.717, 1.165) is 12.8 Å². The van der Waals surface area contributed by atoms with Crippen molar-refractivity contribution in [2.45, 2.75) is 37.8 Å². The minimum Gasteiger partial charge on any atom is -0.481 e. The van der Waals surface area contributed by atoms with Crippen molar-refractivity contribution in [3.63, 3.8) is 0 Å². The molecule has 20 heavy (non-hydrogen) atoms. The highest BCUT2D eigenvalue weighted by atomic mass is 16.4. The van der Waals surface area contributed by atoms with Gasteiger partial charge in [0.2, 0.25) is 5.91 Å². The smallest absolute Gasteiger partial charge is 0.305 e. The van der Waals surface area contributed by atoms with Crippen LogP contribution in [0.1, 0.15) is 31.7 Å². The van der Waals surface area contributed by atoms with Crippen molar-refractivity contribution in [1.82, 2.24) is 5.32 Å². The highest BCUT2D eigenvalue weighted by molar-refractivity contribution is 5.87. The van der Waals surface area contributed by atoms with Crippen LogP contribution in [0.25, 0.3) is 0 Å². The minimum absolute atomic E-state index is 0.0543. The number of nitrogens with one attached hydrogen (secondary N) is 1. The van der Waals surface area contributed by atoms with Gasteiger partial charge in [0.15, 0.2) is 0 Å². The van der Waals surface area contributed by atoms with Crippen LogP contribution in [-0.2, 0) is 15.1 Å². The molecule has 2 unspecified atom stereocenters. The van der Waals surface area contributed by atoms with E-state index in [1.54, 1.807) is 19.1 Å². The molecule has 1 aliphatic carbocycles. The summed E-state index contributed by atoms with van der Waals surface area (Å²) in [7, 11) is 0. The van der Waals surface area contributed by atoms with Crippen molar-refractivity contribution in [2.75, 3.05) is 0 Å². The number of amides is 1. The molecular weight excluding hydrogens is 256 g/mol. The maximum absolute atomic E-state index is 12.4. The van der Waals surface area contributed by atoms with Crippen LogP contribution in [0, 0.1) is 5.92 Å². The molecular formula is C15H20N2O3. The zero-order valence-corrected chi connectivity index (χ0v) is 11.5. The van der Waals surface area contributed by atoms with Crippen molar-refractivity contribution in [3.8, 4) is 0 Å². The molecule has 0 saturated heterocycles. The average Bonchev–Trinajstić information content (AvgIpc) is 3.22. The van der Waals surface area contributed by atoms with E-state index in [1.165, 1.54) is 0 Å². The summed E-state index contributed by atoms with van der Waals surface area (Å²) >= 11 is 0. The Bertz CT molecular complexity index is 495. The molecule has 2 rings (SSSR count). The predicted molar refractivity (Wildman–Crippen MR) is 74.9 cm³/mol. The summed E-state index contributed by atoms with van der Waals surface area (Å²) in [6, 6.07) is 8.76. The molecule has 0 bridgehead atoms. The minimum atomic E-state index is -1.16. The van der Waals surface area contributed by atoms with Gasteiger partial charge >= 0.3 is 5.97 Å². The van der Waals surface area contributed by atoms with E-state index in [9.17, 15) is 9.59 Å². The van der Waals surface area contributed by atoms with Crippen LogP contribution in [0.3, 0.4) is 0 Å². The summed E-state index contributed by atoms with van der Waals surface area (Å²) in [5, 5.41) is 11.7. The highest BCUT2D eigenvalue weighted by Crippen LogP contribution is 2.34. The largest absolute Gasteiger partial charge is 0.481 e. The van der Waals surface area contributed by atoms with Crippen molar-refractivity contribution < 1.29 is 14.7 Å². The van der Waals surface area contributed by atoms with Crippen molar-refractivity contribution in [2.24, 2.45) is 11.7 Å². The van der Waals surface area contributed by atoms with Crippen LogP contribution >= 0.6 is 0 Å². The molecule has 108 valence electrons. The van der Waals surface area contributed by atoms with E-state index in [0.29, 0.717) is 5.56 Å². The van der Waals surface area contributed by atoms with Gasteiger partial charge in [-0.2, -0.15) is 0 Å². The van der Waals surface area contributed by atoms with Crippen LogP contribution in [0.4, 0.5) is 0 Å². The second-order valence-electron chi connectivity index (χ2n) is 5.58. The first-order chi connectivity index (χ1) is 9.41. The number of carboxylic acid groups (broad SMARTS) is 1. The topological polar surface area (TPSA) is 92.4 Å². The van der Waals surface area contributed by atoms with Gasteiger partial charge in [0, 0.05) is 6.04 Å². The fourth-order valence-electron chi connectivity index (χ4n) is 2.26. The predicted octanol–water partition coefficient (Wildman–Crippen LogP) is 1.23. The first-order valence-electron chi connectivity index (χ1n) is 6.78. The third kappa shape index (κ3) is 3.36. The summed E-state index contributed by atoms with van der Waals surface area (Å²) in [6.07, 6.45) is 1.87. The molecule has 4 N–H and O–H groups in total. The average molecular weight is 276 g/mol. The van der Waals surface area contributed by atoms with Crippen LogP contribution in [0.5, 0.6) is 0 Å². The second-order valence-corrected chi connectivity index (χ2v) is 5.58. The van der Waals surface area contributed by atoms with E-state index in [1.807, 2.05) is 18.2 Å². The molecule has 5 heteroatoms. The Hall–Kier alpha value is -1.88. The number of aliphatic carboxylic acids is 1. The highest BCUT2D eigenvalue weighted by Gasteiger charge is 2.38. The van der Waals surface area contributed by atoms with Gasteiger partial charge in [0.1, 0.15) is 5.54 Å². The lowest BCUT2D eigenvalue weighted by atomic mass is 9.91. The molecule has 2 atom stereocenters. The third-order valence-corrected chi connectivity index (χ3v) is 3.75. The van der Waals surface area contributed by atoms with Gasteiger partial charge in [-0.15, -0.1) is 0 Å². The molecule has 1 aliphatic rings. The maximum Gasteiger partial charge on any atom is 0.305 e. The molecule has 1 aromatic rings. The third-order valence-electron chi connectivity index (χ3n) is 3.75. The van der Waals surface area contributed by atoms with Crippen LogP contribution in [0.2, 0.25) is 0 Å². The van der Waals surface area contributed by atoms with Gasteiger partial charge in [-0.3, -0.25) is 9.59 Å². The normalized spacial score (nSPS) is 18.9. The lowest BCUT2D eigenvalue weighted by Gasteiger charge is -2.27. The molecule has 0 spiro atoms. The SMILES string of the molecule is CC(N)(C(=O)NC(CC(=O)O)C1CC1)c1ccccc1. The molecule has 1 fully saturated rings. The Balaban J connectivity index is 2.07. The van der Waals surface area contributed by atoms with Crippen LogP contribution in [0.15, 0.2) is 30.3 Å². The summed E-state index contributed by atoms with van der Waals surface area (Å²) in [6.45, 7) is 1.64. The second kappa shape index (κ2) is 5.63. The molecule has 1 saturated carbocycles. The van der Waals surface area contributed by atoms with Gasteiger partial charge in [-0.1, -0.05) is 30.3 Å². The van der Waals surface area contributed by atoms with Gasteiger partial charge in [0.25, 0.3) is 0 Å². The number of nitrogens with two attached hydrogens (primary N) is 1. The van der Waals surface area contributed by atoms with Crippen molar-refractivity contribution in [3.05, 3.63) is 35.9 Å². The number of benzene rings is 1. The number of rotatable bonds is 6. The van der Waals surface area contributed by atoms with E-state index < -0.39 is 11.5 Å². The number of carbonyl (C=O) groups excluding carboxylic acids is 1. The molecule has 1 amide bonds. The van der Waals surface area contributed by atoms with Gasteiger partial charge < -0.3 is 16.2 Å². The lowest BCUT2D eigenvalue weighted by Crippen LogP contribution is -2.52. The first kappa shape index (κ1) is 14.5. The molecule has 0 aromatic heterocycles. The lowest BCUT2D eigenvalue weighted by molar-refractivity contribution is -0.138. The molecule has 0 heterocycles. The zero-order chi connectivity index (χ0) is 14.8. The fraction of sp³-hybridized carbons (Fsp3) is 0.467. The van der Waals surface area contributed by atoms with E-state index >= 15 is 0 Å². The standard InChI is InChI=1S/C15H20N2O3/c1-15(16,11-5-3-2-4-6-11)14(20)17-12(9-13(18)19)10-7-8-10/h2-6,10,12H,7-9,16H2,1H3,(H,17,20)(H,18,19). The number of hydrogen-bond acceptors (Lipinski definition) is 3. The van der Waals surface area contributed by atoms with Gasteiger partial charge in [-0.05, 0) is 31.2 Å². The molecule has 0 aliphatic heterocycles. The Kier molecular flexibility index (Phi) is 4.09. The summed E-state index contributed by atoms with van der Waals surface area (Å²) in [5.41, 5.74) is 5.67. The zero-order valence-electron chi connectivity index (χ0n) is 11.5. The van der Waals surface area contributed by atoms with E-state index in [4.69, 9.17) is 10.8 Å². The van der Waals surface area contributed by atoms with Gasteiger partial charge in [0.05, 0.1) is 6.42 Å². The first-order valence-corrected chi connectivity index (χ1v) is 6.78. The van der Waals surface area contributed by atoms with Crippen LogP contribution < -0.4 is 11.1 Å². The van der Waals surface area contributed by atoms with Crippen molar-refractivity contribution >= 4 is 11.9 Å². The van der Waals surface area contributed by atoms with E-state index in [2.05, 4.69) is 5.32 Å². The Labute approximate surface area is 118 Å². The summed E-state index contributed by atoms with van der Waals surface area (Å²) < 4.78 is 0. The number of carboxylic acids is 1.